The summed E-state index contributed by atoms with van der Waals surface area (Å²) in [6, 6.07) is 0.755. The summed E-state index contributed by atoms with van der Waals surface area (Å²) in [6.07, 6.45) is 7.00. The molecule has 118 valence electrons. The fourth-order valence-corrected chi connectivity index (χ4v) is 3.63. The van der Waals surface area contributed by atoms with Crippen LogP contribution < -0.4 is 5.32 Å². The summed E-state index contributed by atoms with van der Waals surface area (Å²) < 4.78 is 8.14. The number of nitrogens with zero attached hydrogens (tertiary/aromatic N) is 3. The Labute approximate surface area is 127 Å². The van der Waals surface area contributed by atoms with Crippen LogP contribution in [-0.2, 0) is 17.7 Å². The standard InChI is InChI=1S/C16H28N4O/c1-12(17-13-8-10-21-16(2,3)11-13)15-19-18-14-7-5-4-6-9-20(14)15/h12-13,17H,4-11H2,1-3H3. The minimum atomic E-state index is -0.0165. The molecule has 0 radical (unpaired) electrons. The highest BCUT2D eigenvalue weighted by atomic mass is 16.5. The molecule has 2 aliphatic rings. The lowest BCUT2D eigenvalue weighted by molar-refractivity contribution is -0.0641. The molecule has 3 heterocycles. The molecule has 0 aliphatic carbocycles. The van der Waals surface area contributed by atoms with Crippen molar-refractivity contribution in [1.82, 2.24) is 20.1 Å². The van der Waals surface area contributed by atoms with Crippen molar-refractivity contribution in [3.63, 3.8) is 0 Å². The van der Waals surface area contributed by atoms with E-state index in [1.807, 2.05) is 0 Å². The zero-order valence-corrected chi connectivity index (χ0v) is 13.6. The fraction of sp³-hybridized carbons (Fsp3) is 0.875. The molecule has 21 heavy (non-hydrogen) atoms. The highest BCUT2D eigenvalue weighted by Crippen LogP contribution is 2.26. The van der Waals surface area contributed by atoms with Gasteiger partial charge in [-0.25, -0.2) is 0 Å². The molecule has 0 saturated carbocycles. The Morgan fingerprint density at radius 3 is 2.95 bits per heavy atom. The first-order valence-electron chi connectivity index (χ1n) is 8.37. The Morgan fingerprint density at radius 1 is 1.29 bits per heavy atom. The van der Waals surface area contributed by atoms with Crippen LogP contribution in [0.2, 0.25) is 0 Å². The molecule has 0 spiro atoms. The van der Waals surface area contributed by atoms with Crippen LogP contribution in [0.4, 0.5) is 0 Å². The van der Waals surface area contributed by atoms with E-state index in [0.717, 1.165) is 38.2 Å². The first kappa shape index (κ1) is 15.0. The molecule has 2 atom stereocenters. The largest absolute Gasteiger partial charge is 0.375 e. The number of nitrogens with one attached hydrogen (secondary N) is 1. The number of ether oxygens (including phenoxy) is 1. The molecular weight excluding hydrogens is 264 g/mol. The van der Waals surface area contributed by atoms with Crippen LogP contribution in [0.25, 0.3) is 0 Å². The van der Waals surface area contributed by atoms with Gasteiger partial charge in [-0.05, 0) is 46.5 Å². The van der Waals surface area contributed by atoms with Crippen molar-refractivity contribution in [2.24, 2.45) is 0 Å². The lowest BCUT2D eigenvalue weighted by Gasteiger charge is -2.37. The summed E-state index contributed by atoms with van der Waals surface area (Å²) in [4.78, 5) is 0. The van der Waals surface area contributed by atoms with Gasteiger partial charge < -0.3 is 14.6 Å². The molecule has 1 N–H and O–H groups in total. The maximum atomic E-state index is 5.80. The second-order valence-electron chi connectivity index (χ2n) is 7.12. The monoisotopic (exact) mass is 292 g/mol. The van der Waals surface area contributed by atoms with Gasteiger partial charge in [0.25, 0.3) is 0 Å². The van der Waals surface area contributed by atoms with E-state index in [9.17, 15) is 0 Å². The van der Waals surface area contributed by atoms with Gasteiger partial charge in [-0.2, -0.15) is 0 Å². The lowest BCUT2D eigenvalue weighted by atomic mass is 9.93. The zero-order chi connectivity index (χ0) is 14.9. The number of hydrogen-bond donors (Lipinski definition) is 1. The quantitative estimate of drug-likeness (QED) is 0.930. The second-order valence-corrected chi connectivity index (χ2v) is 7.12. The predicted molar refractivity (Wildman–Crippen MR) is 82.2 cm³/mol. The Bertz CT molecular complexity index is 483. The molecule has 0 amide bonds. The SMILES string of the molecule is CC(NC1CCOC(C)(C)C1)c1nnc2n1CCCCC2. The van der Waals surface area contributed by atoms with Crippen molar-refractivity contribution in [3.05, 3.63) is 11.6 Å². The van der Waals surface area contributed by atoms with Crippen molar-refractivity contribution >= 4 is 0 Å². The Hall–Kier alpha value is -0.940. The molecule has 1 aromatic heterocycles. The number of fused-ring (bicyclic) bond motifs is 1. The Morgan fingerprint density at radius 2 is 2.14 bits per heavy atom. The van der Waals surface area contributed by atoms with E-state index in [-0.39, 0.29) is 11.6 Å². The highest BCUT2D eigenvalue weighted by molar-refractivity contribution is 5.03. The van der Waals surface area contributed by atoms with Gasteiger partial charge in [0.05, 0.1) is 11.6 Å². The molecule has 2 unspecified atom stereocenters. The van der Waals surface area contributed by atoms with Gasteiger partial charge in [0.15, 0.2) is 0 Å². The Balaban J connectivity index is 1.68. The Kier molecular flexibility index (Phi) is 4.31. The third-order valence-electron chi connectivity index (χ3n) is 4.71. The number of hydrogen-bond acceptors (Lipinski definition) is 4. The molecule has 5 nitrogen and oxygen atoms in total. The van der Waals surface area contributed by atoms with E-state index in [2.05, 4.69) is 40.9 Å². The maximum absolute atomic E-state index is 5.80. The third-order valence-corrected chi connectivity index (χ3v) is 4.71. The molecule has 0 bridgehead atoms. The highest BCUT2D eigenvalue weighted by Gasteiger charge is 2.30. The van der Waals surface area contributed by atoms with Crippen molar-refractivity contribution < 1.29 is 4.74 Å². The van der Waals surface area contributed by atoms with Crippen LogP contribution >= 0.6 is 0 Å². The van der Waals surface area contributed by atoms with Gasteiger partial charge >= 0.3 is 0 Å². The van der Waals surface area contributed by atoms with Crippen LogP contribution in [0.3, 0.4) is 0 Å². The van der Waals surface area contributed by atoms with E-state index in [0.29, 0.717) is 6.04 Å². The minimum absolute atomic E-state index is 0.0165. The van der Waals surface area contributed by atoms with Crippen LogP contribution in [-0.4, -0.2) is 33.0 Å². The summed E-state index contributed by atoms with van der Waals surface area (Å²) in [5.74, 6) is 2.28. The normalized spacial score (nSPS) is 26.9. The van der Waals surface area contributed by atoms with Crippen molar-refractivity contribution in [2.75, 3.05) is 6.61 Å². The average Bonchev–Trinajstić information content (AvgIpc) is 2.67. The summed E-state index contributed by atoms with van der Waals surface area (Å²) in [6.45, 7) is 8.48. The van der Waals surface area contributed by atoms with Crippen molar-refractivity contribution in [2.45, 2.75) is 83.5 Å². The molecule has 1 aromatic rings. The van der Waals surface area contributed by atoms with Gasteiger partial charge in [-0.15, -0.1) is 10.2 Å². The first-order chi connectivity index (χ1) is 10.1. The lowest BCUT2D eigenvalue weighted by Crippen LogP contribution is -2.44. The van der Waals surface area contributed by atoms with Gasteiger partial charge in [0.2, 0.25) is 0 Å². The van der Waals surface area contributed by atoms with Gasteiger partial charge in [0.1, 0.15) is 11.6 Å². The van der Waals surface area contributed by atoms with Gasteiger partial charge in [-0.3, -0.25) is 0 Å². The smallest absolute Gasteiger partial charge is 0.149 e. The molecule has 3 rings (SSSR count). The molecule has 5 heteroatoms. The molecule has 2 aliphatic heterocycles. The van der Waals surface area contributed by atoms with E-state index < -0.39 is 0 Å². The van der Waals surface area contributed by atoms with E-state index in [1.54, 1.807) is 0 Å². The topological polar surface area (TPSA) is 52.0 Å². The van der Waals surface area contributed by atoms with Crippen LogP contribution in [0.5, 0.6) is 0 Å². The summed E-state index contributed by atoms with van der Waals surface area (Å²) >= 11 is 0. The van der Waals surface area contributed by atoms with Crippen molar-refractivity contribution in [1.29, 1.82) is 0 Å². The molecule has 1 fully saturated rings. The number of rotatable bonds is 3. The van der Waals surface area contributed by atoms with Gasteiger partial charge in [0, 0.05) is 25.6 Å². The number of aryl methyl sites for hydroxylation is 1. The maximum Gasteiger partial charge on any atom is 0.149 e. The fourth-order valence-electron chi connectivity index (χ4n) is 3.63. The van der Waals surface area contributed by atoms with E-state index >= 15 is 0 Å². The van der Waals surface area contributed by atoms with E-state index in [4.69, 9.17) is 4.74 Å². The van der Waals surface area contributed by atoms with Crippen LogP contribution in [0, 0.1) is 0 Å². The van der Waals surface area contributed by atoms with Crippen LogP contribution in [0.15, 0.2) is 0 Å². The first-order valence-corrected chi connectivity index (χ1v) is 8.37. The molecular formula is C16H28N4O. The zero-order valence-electron chi connectivity index (χ0n) is 13.6. The average molecular weight is 292 g/mol. The molecule has 0 aromatic carbocycles. The molecule has 1 saturated heterocycles. The second kappa shape index (κ2) is 6.05. The summed E-state index contributed by atoms with van der Waals surface area (Å²) in [5.41, 5.74) is -0.0165. The predicted octanol–water partition coefficient (Wildman–Crippen LogP) is 2.61. The summed E-state index contributed by atoms with van der Waals surface area (Å²) in [7, 11) is 0. The third kappa shape index (κ3) is 3.46. The van der Waals surface area contributed by atoms with Crippen molar-refractivity contribution in [3.8, 4) is 0 Å². The van der Waals surface area contributed by atoms with E-state index in [1.165, 1.54) is 25.1 Å². The minimum Gasteiger partial charge on any atom is -0.375 e. The van der Waals surface area contributed by atoms with Crippen LogP contribution in [0.1, 0.15) is 70.6 Å². The summed E-state index contributed by atoms with van der Waals surface area (Å²) in [5, 5.41) is 12.6. The number of aromatic nitrogens is 3. The van der Waals surface area contributed by atoms with Gasteiger partial charge in [-0.1, -0.05) is 6.42 Å².